The predicted octanol–water partition coefficient (Wildman–Crippen LogP) is 3.90. The van der Waals surface area contributed by atoms with E-state index in [0.717, 1.165) is 60.8 Å². The number of anilines is 3. The summed E-state index contributed by atoms with van der Waals surface area (Å²) >= 11 is 0. The Kier molecular flexibility index (Phi) is 6.73. The van der Waals surface area contributed by atoms with E-state index >= 15 is 0 Å². The van der Waals surface area contributed by atoms with Gasteiger partial charge in [-0.15, -0.1) is 0 Å². The Morgan fingerprint density at radius 3 is 2.78 bits per heavy atom. The maximum absolute atomic E-state index is 12.1. The number of fused-ring (bicyclic) bond motifs is 1. The molecule has 36 heavy (non-hydrogen) atoms. The van der Waals surface area contributed by atoms with Gasteiger partial charge in [-0.2, -0.15) is 4.98 Å². The molecule has 0 spiro atoms. The fraction of sp³-hybridized carbons (Fsp3) is 0.296. The maximum Gasteiger partial charge on any atom is 0.254 e. The van der Waals surface area contributed by atoms with E-state index in [2.05, 4.69) is 31.2 Å². The van der Waals surface area contributed by atoms with E-state index in [-0.39, 0.29) is 23.4 Å². The number of carbonyl (C=O) groups is 1. The van der Waals surface area contributed by atoms with Crippen LogP contribution in [-0.2, 0) is 13.0 Å². The van der Waals surface area contributed by atoms with E-state index in [0.29, 0.717) is 11.8 Å². The highest BCUT2D eigenvalue weighted by atomic mass is 16.3. The fourth-order valence-electron chi connectivity index (χ4n) is 4.85. The van der Waals surface area contributed by atoms with Crippen LogP contribution in [0.15, 0.2) is 60.9 Å². The SMILES string of the molecule is NC(=O)c1cnc(N[C@@H]2CCCC[C@@H]2N)nc1Nc1cccc2c1ccn2CCc1cccc(O)c1. The zero-order valence-corrected chi connectivity index (χ0v) is 20.0. The number of rotatable bonds is 8. The molecule has 5 rings (SSSR count). The molecule has 1 aliphatic carbocycles. The van der Waals surface area contributed by atoms with Crippen LogP contribution in [0.2, 0.25) is 0 Å². The molecule has 9 heteroatoms. The van der Waals surface area contributed by atoms with Crippen molar-refractivity contribution in [3.8, 4) is 5.75 Å². The standard InChI is InChI=1S/C27H31N7O2/c28-21-7-1-2-8-23(21)32-27-30-16-20(25(29)36)26(33-27)31-22-9-4-10-24-19(22)12-14-34(24)13-11-17-5-3-6-18(35)15-17/h3-6,9-10,12,14-16,21,23,35H,1-2,7-8,11,13,28H2,(H2,29,36)(H2,30,31,32,33)/t21-,23+/m0/s1. The lowest BCUT2D eigenvalue weighted by Crippen LogP contribution is -2.43. The number of nitrogens with one attached hydrogen (secondary N) is 2. The van der Waals surface area contributed by atoms with E-state index in [4.69, 9.17) is 11.5 Å². The first-order valence-electron chi connectivity index (χ1n) is 12.3. The number of aromatic hydroxyl groups is 1. The lowest BCUT2D eigenvalue weighted by atomic mass is 9.91. The molecule has 0 radical (unpaired) electrons. The Balaban J connectivity index is 1.39. The van der Waals surface area contributed by atoms with Gasteiger partial charge in [-0.3, -0.25) is 4.79 Å². The first-order chi connectivity index (χ1) is 17.5. The van der Waals surface area contributed by atoms with Gasteiger partial charge in [0.25, 0.3) is 5.91 Å². The number of amides is 1. The summed E-state index contributed by atoms with van der Waals surface area (Å²) in [5.41, 5.74) is 15.0. The van der Waals surface area contributed by atoms with Crippen LogP contribution < -0.4 is 22.1 Å². The molecule has 2 heterocycles. The summed E-state index contributed by atoms with van der Waals surface area (Å²) in [5, 5.41) is 17.4. The van der Waals surface area contributed by atoms with Crippen molar-refractivity contribution in [1.29, 1.82) is 0 Å². The van der Waals surface area contributed by atoms with Gasteiger partial charge < -0.3 is 31.8 Å². The first kappa shape index (κ1) is 23.6. The third kappa shape index (κ3) is 5.11. The highest BCUT2D eigenvalue weighted by molar-refractivity contribution is 6.00. The number of phenols is 1. The Morgan fingerprint density at radius 2 is 1.97 bits per heavy atom. The van der Waals surface area contributed by atoms with Crippen molar-refractivity contribution in [2.75, 3.05) is 10.6 Å². The van der Waals surface area contributed by atoms with Crippen molar-refractivity contribution in [2.45, 2.75) is 50.7 Å². The number of hydrogen-bond acceptors (Lipinski definition) is 7. The number of hydrogen-bond donors (Lipinski definition) is 5. The number of nitrogens with two attached hydrogens (primary N) is 2. The molecular weight excluding hydrogens is 454 g/mol. The minimum absolute atomic E-state index is 0.0444. The third-order valence-electron chi connectivity index (χ3n) is 6.81. The molecule has 1 amide bonds. The van der Waals surface area contributed by atoms with E-state index < -0.39 is 5.91 Å². The summed E-state index contributed by atoms with van der Waals surface area (Å²) in [6.45, 7) is 0.756. The van der Waals surface area contributed by atoms with Gasteiger partial charge in [0.2, 0.25) is 5.95 Å². The van der Waals surface area contributed by atoms with Crippen LogP contribution in [0, 0.1) is 0 Å². The highest BCUT2D eigenvalue weighted by Crippen LogP contribution is 2.29. The van der Waals surface area contributed by atoms with E-state index in [1.165, 1.54) is 6.20 Å². The van der Waals surface area contributed by atoms with Gasteiger partial charge in [-0.05, 0) is 55.2 Å². The van der Waals surface area contributed by atoms with Crippen LogP contribution in [0.4, 0.5) is 17.5 Å². The van der Waals surface area contributed by atoms with Crippen LogP contribution >= 0.6 is 0 Å². The second-order valence-corrected chi connectivity index (χ2v) is 9.31. The largest absolute Gasteiger partial charge is 0.508 e. The molecule has 2 aromatic heterocycles. The molecule has 186 valence electrons. The van der Waals surface area contributed by atoms with Crippen LogP contribution in [-0.4, -0.2) is 37.6 Å². The Morgan fingerprint density at radius 1 is 1.14 bits per heavy atom. The van der Waals surface area contributed by atoms with E-state index in [1.54, 1.807) is 12.1 Å². The number of aryl methyl sites for hydroxylation is 2. The van der Waals surface area contributed by atoms with Crippen molar-refractivity contribution in [3.05, 3.63) is 72.1 Å². The van der Waals surface area contributed by atoms with Crippen molar-refractivity contribution >= 4 is 34.3 Å². The summed E-state index contributed by atoms with van der Waals surface area (Å²) in [4.78, 5) is 21.0. The van der Waals surface area contributed by atoms with E-state index in [1.807, 2.05) is 36.5 Å². The second kappa shape index (κ2) is 10.2. The normalized spacial score (nSPS) is 17.7. The molecule has 2 atom stereocenters. The molecule has 0 unspecified atom stereocenters. The quantitative estimate of drug-likeness (QED) is 0.254. The summed E-state index contributed by atoms with van der Waals surface area (Å²) in [6.07, 6.45) is 8.43. The molecule has 0 saturated heterocycles. The number of phenolic OH excluding ortho intramolecular Hbond substituents is 1. The van der Waals surface area contributed by atoms with Crippen molar-refractivity contribution < 1.29 is 9.90 Å². The van der Waals surface area contributed by atoms with Crippen LogP contribution in [0.1, 0.15) is 41.6 Å². The number of aromatic nitrogens is 3. The molecule has 4 aromatic rings. The molecule has 0 bridgehead atoms. The topological polar surface area (TPSA) is 144 Å². The molecule has 9 nitrogen and oxygen atoms in total. The van der Waals surface area contributed by atoms with Gasteiger partial charge in [0.05, 0.1) is 5.52 Å². The summed E-state index contributed by atoms with van der Waals surface area (Å²) < 4.78 is 2.16. The van der Waals surface area contributed by atoms with Crippen LogP contribution in [0.25, 0.3) is 10.9 Å². The lowest BCUT2D eigenvalue weighted by Gasteiger charge is -2.29. The van der Waals surface area contributed by atoms with Crippen molar-refractivity contribution in [3.63, 3.8) is 0 Å². The average Bonchev–Trinajstić information content (AvgIpc) is 3.28. The third-order valence-corrected chi connectivity index (χ3v) is 6.81. The molecule has 1 fully saturated rings. The number of primary amides is 1. The monoisotopic (exact) mass is 485 g/mol. The van der Waals surface area contributed by atoms with Gasteiger partial charge in [0, 0.05) is 42.1 Å². The van der Waals surface area contributed by atoms with Crippen molar-refractivity contribution in [2.24, 2.45) is 11.5 Å². The smallest absolute Gasteiger partial charge is 0.254 e. The lowest BCUT2D eigenvalue weighted by molar-refractivity contribution is 0.100. The Hall–Kier alpha value is -4.11. The second-order valence-electron chi connectivity index (χ2n) is 9.31. The molecule has 1 saturated carbocycles. The van der Waals surface area contributed by atoms with Crippen LogP contribution in [0.5, 0.6) is 5.75 Å². The number of nitrogens with zero attached hydrogens (tertiary/aromatic N) is 3. The predicted molar refractivity (Wildman–Crippen MR) is 141 cm³/mol. The molecule has 0 aliphatic heterocycles. The Labute approximate surface area is 209 Å². The zero-order valence-electron chi connectivity index (χ0n) is 20.0. The van der Waals surface area contributed by atoms with Crippen LogP contribution in [0.3, 0.4) is 0 Å². The zero-order chi connectivity index (χ0) is 25.1. The molecule has 2 aromatic carbocycles. The van der Waals surface area contributed by atoms with Gasteiger partial charge in [-0.1, -0.05) is 31.0 Å². The average molecular weight is 486 g/mol. The molecule has 7 N–H and O–H groups in total. The summed E-state index contributed by atoms with van der Waals surface area (Å²) in [7, 11) is 0. The first-order valence-corrected chi connectivity index (χ1v) is 12.3. The molecular formula is C27H31N7O2. The van der Waals surface area contributed by atoms with Gasteiger partial charge in [0.15, 0.2) is 0 Å². The molecule has 1 aliphatic rings. The van der Waals surface area contributed by atoms with Gasteiger partial charge >= 0.3 is 0 Å². The summed E-state index contributed by atoms with van der Waals surface area (Å²) in [6, 6.07) is 15.4. The van der Waals surface area contributed by atoms with Gasteiger partial charge in [0.1, 0.15) is 17.1 Å². The minimum Gasteiger partial charge on any atom is -0.508 e. The summed E-state index contributed by atoms with van der Waals surface area (Å²) in [5.74, 6) is 0.435. The minimum atomic E-state index is -0.603. The fourth-order valence-corrected chi connectivity index (χ4v) is 4.85. The van der Waals surface area contributed by atoms with E-state index in [9.17, 15) is 9.90 Å². The van der Waals surface area contributed by atoms with Crippen molar-refractivity contribution in [1.82, 2.24) is 14.5 Å². The van der Waals surface area contributed by atoms with Gasteiger partial charge in [-0.25, -0.2) is 4.98 Å². The highest BCUT2D eigenvalue weighted by Gasteiger charge is 2.23. The number of benzene rings is 2. The maximum atomic E-state index is 12.1. The Bertz CT molecular complexity index is 1380. The number of carbonyl (C=O) groups excluding carboxylic acids is 1.